The second kappa shape index (κ2) is 7.90. The van der Waals surface area contributed by atoms with E-state index in [-0.39, 0.29) is 18.5 Å². The van der Waals surface area contributed by atoms with Gasteiger partial charge in [0, 0.05) is 23.8 Å². The second-order valence-corrected chi connectivity index (χ2v) is 7.42. The lowest BCUT2D eigenvalue weighted by Gasteiger charge is -2.13. The lowest BCUT2D eigenvalue weighted by Crippen LogP contribution is -2.32. The zero-order chi connectivity index (χ0) is 19.5. The standard InChI is InChI=1S/C21H19N3O3S/c1-27-15-7-8-16-17(14-5-3-2-4-6-14)12-19(23-18(16)11-15)28-10-9-24-20(25)13-22-21(24)26/h2-8,11-12H,9-10,13H2,1H3,(H,22,26). The number of methoxy groups -OCH3 is 1. The van der Waals surface area contributed by atoms with Crippen molar-refractivity contribution in [1.82, 2.24) is 15.2 Å². The number of aromatic nitrogens is 1. The van der Waals surface area contributed by atoms with E-state index in [1.807, 2.05) is 36.4 Å². The number of thioether (sulfide) groups is 1. The highest BCUT2D eigenvalue weighted by molar-refractivity contribution is 7.99. The van der Waals surface area contributed by atoms with Crippen LogP contribution in [0.3, 0.4) is 0 Å². The number of pyridine rings is 1. The summed E-state index contributed by atoms with van der Waals surface area (Å²) in [7, 11) is 1.63. The van der Waals surface area contributed by atoms with Crippen molar-refractivity contribution in [2.24, 2.45) is 0 Å². The lowest BCUT2D eigenvalue weighted by atomic mass is 10.0. The van der Waals surface area contributed by atoms with Crippen LogP contribution in [0.2, 0.25) is 0 Å². The Balaban J connectivity index is 1.64. The molecule has 6 nitrogen and oxygen atoms in total. The molecule has 0 radical (unpaired) electrons. The predicted molar refractivity (Wildman–Crippen MR) is 110 cm³/mol. The molecule has 2 aromatic carbocycles. The average molecular weight is 393 g/mol. The first-order valence-electron chi connectivity index (χ1n) is 8.91. The lowest BCUT2D eigenvalue weighted by molar-refractivity contribution is -0.124. The quantitative estimate of drug-likeness (QED) is 0.512. The third kappa shape index (κ3) is 3.66. The number of carbonyl (C=O) groups is 2. The summed E-state index contributed by atoms with van der Waals surface area (Å²) >= 11 is 1.52. The topological polar surface area (TPSA) is 71.5 Å². The molecule has 4 rings (SSSR count). The Morgan fingerprint density at radius 1 is 1.14 bits per heavy atom. The molecule has 3 amide bonds. The molecule has 7 heteroatoms. The van der Waals surface area contributed by atoms with Gasteiger partial charge in [-0.1, -0.05) is 30.3 Å². The van der Waals surface area contributed by atoms with Gasteiger partial charge in [0.05, 0.1) is 24.2 Å². The summed E-state index contributed by atoms with van der Waals surface area (Å²) in [6, 6.07) is 17.7. The van der Waals surface area contributed by atoms with E-state index in [1.165, 1.54) is 16.7 Å². The molecular formula is C21H19N3O3S. The second-order valence-electron chi connectivity index (χ2n) is 6.31. The smallest absolute Gasteiger partial charge is 0.324 e. The van der Waals surface area contributed by atoms with Crippen LogP contribution in [0.1, 0.15) is 0 Å². The minimum Gasteiger partial charge on any atom is -0.497 e. The molecule has 142 valence electrons. The number of ether oxygens (including phenoxy) is 1. The Bertz CT molecular complexity index is 1020. The van der Waals surface area contributed by atoms with Gasteiger partial charge in [0.1, 0.15) is 5.75 Å². The summed E-state index contributed by atoms with van der Waals surface area (Å²) < 4.78 is 5.34. The summed E-state index contributed by atoms with van der Waals surface area (Å²) in [5.74, 6) is 1.14. The van der Waals surface area contributed by atoms with E-state index >= 15 is 0 Å². The number of carbonyl (C=O) groups excluding carboxylic acids is 2. The molecule has 3 aromatic rings. The fourth-order valence-corrected chi connectivity index (χ4v) is 4.01. The minimum absolute atomic E-state index is 0.0790. The van der Waals surface area contributed by atoms with Gasteiger partial charge >= 0.3 is 6.03 Å². The van der Waals surface area contributed by atoms with Crippen LogP contribution < -0.4 is 10.1 Å². The molecule has 0 atom stereocenters. The van der Waals surface area contributed by atoms with Crippen LogP contribution >= 0.6 is 11.8 Å². The molecule has 0 saturated carbocycles. The largest absolute Gasteiger partial charge is 0.497 e. The SMILES string of the molecule is COc1ccc2c(-c3ccccc3)cc(SCCN3C(=O)CNC3=O)nc2c1. The van der Waals surface area contributed by atoms with Crippen molar-refractivity contribution in [3.63, 3.8) is 0 Å². The van der Waals surface area contributed by atoms with Gasteiger partial charge in [-0.25, -0.2) is 9.78 Å². The first kappa shape index (κ1) is 18.3. The third-order valence-corrected chi connectivity index (χ3v) is 5.47. The summed E-state index contributed by atoms with van der Waals surface area (Å²) in [5.41, 5.74) is 3.04. The van der Waals surface area contributed by atoms with Crippen molar-refractivity contribution in [2.45, 2.75) is 5.03 Å². The van der Waals surface area contributed by atoms with E-state index in [0.29, 0.717) is 12.3 Å². The Labute approximate surface area is 166 Å². The molecule has 28 heavy (non-hydrogen) atoms. The molecule has 1 N–H and O–H groups in total. The Morgan fingerprint density at radius 3 is 2.68 bits per heavy atom. The normalized spacial score (nSPS) is 13.8. The van der Waals surface area contributed by atoms with Gasteiger partial charge in [-0.15, -0.1) is 11.8 Å². The number of imide groups is 1. The Kier molecular flexibility index (Phi) is 5.16. The fourth-order valence-electron chi connectivity index (χ4n) is 3.16. The highest BCUT2D eigenvalue weighted by atomic mass is 32.2. The summed E-state index contributed by atoms with van der Waals surface area (Å²) in [4.78, 5) is 29.4. The molecule has 1 aromatic heterocycles. The number of fused-ring (bicyclic) bond motifs is 1. The first-order chi connectivity index (χ1) is 13.7. The molecule has 1 fully saturated rings. The number of nitrogens with one attached hydrogen (secondary N) is 1. The molecule has 0 unspecified atom stereocenters. The van der Waals surface area contributed by atoms with Crippen molar-refractivity contribution in [3.05, 3.63) is 54.6 Å². The number of benzene rings is 2. The molecule has 1 aliphatic rings. The van der Waals surface area contributed by atoms with Crippen molar-refractivity contribution >= 4 is 34.6 Å². The monoisotopic (exact) mass is 393 g/mol. The summed E-state index contributed by atoms with van der Waals surface area (Å²) in [5, 5.41) is 4.42. The van der Waals surface area contributed by atoms with E-state index in [0.717, 1.165) is 32.8 Å². The van der Waals surface area contributed by atoms with Crippen LogP contribution in [0.25, 0.3) is 22.0 Å². The zero-order valence-electron chi connectivity index (χ0n) is 15.3. The molecule has 0 bridgehead atoms. The van der Waals surface area contributed by atoms with Crippen LogP contribution in [-0.4, -0.2) is 47.8 Å². The predicted octanol–water partition coefficient (Wildman–Crippen LogP) is 3.55. The van der Waals surface area contributed by atoms with E-state index in [2.05, 4.69) is 23.5 Å². The molecule has 1 aliphatic heterocycles. The zero-order valence-corrected chi connectivity index (χ0v) is 16.2. The maximum absolute atomic E-state index is 11.7. The average Bonchev–Trinajstić information content (AvgIpc) is 3.05. The molecular weight excluding hydrogens is 374 g/mol. The Hall–Kier alpha value is -3.06. The number of nitrogens with zero attached hydrogens (tertiary/aromatic N) is 2. The van der Waals surface area contributed by atoms with Crippen LogP contribution in [0, 0.1) is 0 Å². The maximum atomic E-state index is 11.7. The first-order valence-corrected chi connectivity index (χ1v) is 9.89. The Morgan fingerprint density at radius 2 is 1.96 bits per heavy atom. The van der Waals surface area contributed by atoms with Crippen LogP contribution in [-0.2, 0) is 4.79 Å². The molecule has 2 heterocycles. The maximum Gasteiger partial charge on any atom is 0.324 e. The van der Waals surface area contributed by atoms with E-state index in [9.17, 15) is 9.59 Å². The van der Waals surface area contributed by atoms with Crippen LogP contribution in [0.5, 0.6) is 5.75 Å². The number of hydrogen-bond donors (Lipinski definition) is 1. The van der Waals surface area contributed by atoms with Gasteiger partial charge in [-0.3, -0.25) is 9.69 Å². The van der Waals surface area contributed by atoms with Crippen LogP contribution in [0.15, 0.2) is 59.6 Å². The number of rotatable bonds is 6. The van der Waals surface area contributed by atoms with E-state index in [4.69, 9.17) is 9.72 Å². The van der Waals surface area contributed by atoms with Gasteiger partial charge in [-0.2, -0.15) is 0 Å². The molecule has 1 saturated heterocycles. The van der Waals surface area contributed by atoms with E-state index < -0.39 is 0 Å². The highest BCUT2D eigenvalue weighted by Gasteiger charge is 2.27. The number of amides is 3. The third-order valence-electron chi connectivity index (χ3n) is 4.58. The van der Waals surface area contributed by atoms with Gasteiger partial charge < -0.3 is 10.1 Å². The number of urea groups is 1. The van der Waals surface area contributed by atoms with Crippen molar-refractivity contribution in [3.8, 4) is 16.9 Å². The van der Waals surface area contributed by atoms with Gasteiger partial charge in [0.25, 0.3) is 0 Å². The summed E-state index contributed by atoms with van der Waals surface area (Å²) in [6.45, 7) is 0.434. The van der Waals surface area contributed by atoms with Gasteiger partial charge in [0.2, 0.25) is 5.91 Å². The van der Waals surface area contributed by atoms with Gasteiger partial charge in [0.15, 0.2) is 0 Å². The molecule has 0 spiro atoms. The fraction of sp³-hybridized carbons (Fsp3) is 0.190. The highest BCUT2D eigenvalue weighted by Crippen LogP contribution is 2.33. The van der Waals surface area contributed by atoms with Gasteiger partial charge in [-0.05, 0) is 29.3 Å². The van der Waals surface area contributed by atoms with Crippen molar-refractivity contribution < 1.29 is 14.3 Å². The minimum atomic E-state index is -0.327. The summed E-state index contributed by atoms with van der Waals surface area (Å²) in [6.07, 6.45) is 0. The van der Waals surface area contributed by atoms with Crippen LogP contribution in [0.4, 0.5) is 4.79 Å². The van der Waals surface area contributed by atoms with E-state index in [1.54, 1.807) is 7.11 Å². The number of hydrogen-bond acceptors (Lipinski definition) is 5. The molecule has 0 aliphatic carbocycles. The van der Waals surface area contributed by atoms with Crippen molar-refractivity contribution in [1.29, 1.82) is 0 Å². The van der Waals surface area contributed by atoms with Crippen molar-refractivity contribution in [2.75, 3.05) is 26.0 Å².